The first-order valence-corrected chi connectivity index (χ1v) is 24.3. The van der Waals surface area contributed by atoms with Crippen molar-refractivity contribution in [2.75, 3.05) is 9.80 Å². The quantitative estimate of drug-likeness (QED) is 0.142. The van der Waals surface area contributed by atoms with Crippen molar-refractivity contribution in [1.82, 2.24) is 0 Å². The summed E-state index contributed by atoms with van der Waals surface area (Å²) >= 11 is 0. The highest BCUT2D eigenvalue weighted by Gasteiger charge is 2.27. The summed E-state index contributed by atoms with van der Waals surface area (Å²) in [4.78, 5) is 4.87. The number of anilines is 6. The lowest BCUT2D eigenvalue weighted by Gasteiger charge is -2.31. The first-order chi connectivity index (χ1) is 35.3. The van der Waals surface area contributed by atoms with Crippen molar-refractivity contribution in [3.8, 4) is 22.3 Å². The molecule has 0 unspecified atom stereocenters. The summed E-state index contributed by atoms with van der Waals surface area (Å²) in [6.07, 6.45) is 0. The van der Waals surface area contributed by atoms with Crippen LogP contribution >= 0.6 is 0 Å². The number of benzene rings is 13. The molecule has 14 rings (SSSR count). The second kappa shape index (κ2) is 16.7. The number of fused-ring (bicyclic) bond motifs is 10. The van der Waals surface area contributed by atoms with E-state index in [9.17, 15) is 0 Å². The van der Waals surface area contributed by atoms with Gasteiger partial charge in [-0.25, -0.2) is 0 Å². The summed E-state index contributed by atoms with van der Waals surface area (Å²) in [7, 11) is 0. The van der Waals surface area contributed by atoms with Crippen LogP contribution in [0.15, 0.2) is 271 Å². The van der Waals surface area contributed by atoms with E-state index in [1.54, 1.807) is 0 Å². The Labute approximate surface area is 411 Å². The number of furan rings is 1. The molecule has 3 nitrogen and oxygen atoms in total. The molecule has 0 aliphatic heterocycles. The van der Waals surface area contributed by atoms with Crippen LogP contribution in [0.2, 0.25) is 0 Å². The molecular weight excluding hydrogens is 861 g/mol. The molecule has 13 aromatic carbocycles. The zero-order chi connectivity index (χ0) is 46.8. The van der Waals surface area contributed by atoms with Crippen LogP contribution < -0.4 is 9.80 Å². The van der Waals surface area contributed by atoms with Gasteiger partial charge in [-0.15, -0.1) is 0 Å². The van der Waals surface area contributed by atoms with Gasteiger partial charge in [-0.2, -0.15) is 0 Å². The molecule has 0 saturated carbocycles. The summed E-state index contributed by atoms with van der Waals surface area (Å²) < 4.78 is 6.95. The molecule has 1 aromatic heterocycles. The van der Waals surface area contributed by atoms with Gasteiger partial charge in [0.25, 0.3) is 0 Å². The van der Waals surface area contributed by atoms with E-state index in [0.717, 1.165) is 83.2 Å². The minimum absolute atomic E-state index is 0.854. The van der Waals surface area contributed by atoms with E-state index in [-0.39, 0.29) is 0 Å². The second-order valence-electron chi connectivity index (χ2n) is 18.3. The molecule has 0 radical (unpaired) electrons. The fourth-order valence-electron chi connectivity index (χ4n) is 11.3. The highest BCUT2D eigenvalue weighted by molar-refractivity contribution is 6.30. The van der Waals surface area contributed by atoms with Crippen LogP contribution in [0.4, 0.5) is 34.1 Å². The van der Waals surface area contributed by atoms with Crippen molar-refractivity contribution in [1.29, 1.82) is 0 Å². The van der Waals surface area contributed by atoms with E-state index in [2.05, 4.69) is 277 Å². The summed E-state index contributed by atoms with van der Waals surface area (Å²) in [6, 6.07) is 96.7. The predicted octanol–water partition coefficient (Wildman–Crippen LogP) is 19.6. The third kappa shape index (κ3) is 6.59. The zero-order valence-corrected chi connectivity index (χ0v) is 38.7. The molecule has 0 aliphatic rings. The average molecular weight is 905 g/mol. The SMILES string of the molecule is c1ccc(-c2ccc(N(c3c4ccccc4c(-c4ccc(N(c5ccccc5)c5ccccc5)c5ccccc45)c4ccccc34)c3cc4oc5ccc6ccccc6c5c4c4ccccc34)cc2)cc1. The Bertz CT molecular complexity index is 4240. The summed E-state index contributed by atoms with van der Waals surface area (Å²) in [5, 5.41) is 14.0. The van der Waals surface area contributed by atoms with E-state index >= 15 is 0 Å². The Kier molecular flexibility index (Phi) is 9.53. The summed E-state index contributed by atoms with van der Waals surface area (Å²) in [5.41, 5.74) is 13.0. The van der Waals surface area contributed by atoms with Crippen molar-refractivity contribution in [3.63, 3.8) is 0 Å². The molecule has 0 saturated heterocycles. The van der Waals surface area contributed by atoms with Crippen LogP contribution in [0.3, 0.4) is 0 Å². The van der Waals surface area contributed by atoms with Crippen molar-refractivity contribution in [3.05, 3.63) is 267 Å². The van der Waals surface area contributed by atoms with Gasteiger partial charge in [-0.1, -0.05) is 212 Å². The Hall–Kier alpha value is -9.44. The van der Waals surface area contributed by atoms with Crippen molar-refractivity contribution in [2.45, 2.75) is 0 Å². The molecule has 0 amide bonds. The van der Waals surface area contributed by atoms with E-state index in [4.69, 9.17) is 4.42 Å². The monoisotopic (exact) mass is 904 g/mol. The Morgan fingerprint density at radius 2 is 0.732 bits per heavy atom. The largest absolute Gasteiger partial charge is 0.456 e. The lowest BCUT2D eigenvalue weighted by atomic mass is 9.87. The van der Waals surface area contributed by atoms with Gasteiger partial charge < -0.3 is 14.2 Å². The minimum atomic E-state index is 0.854. The maximum atomic E-state index is 6.95. The summed E-state index contributed by atoms with van der Waals surface area (Å²) in [6.45, 7) is 0. The first-order valence-electron chi connectivity index (χ1n) is 24.3. The van der Waals surface area contributed by atoms with Crippen molar-refractivity contribution < 1.29 is 4.42 Å². The highest BCUT2D eigenvalue weighted by Crippen LogP contribution is 2.53. The van der Waals surface area contributed by atoms with Crippen LogP contribution in [0.25, 0.3) is 98.1 Å². The van der Waals surface area contributed by atoms with E-state index < -0.39 is 0 Å². The molecule has 14 aromatic rings. The Morgan fingerprint density at radius 1 is 0.268 bits per heavy atom. The van der Waals surface area contributed by atoms with E-state index in [1.165, 1.54) is 49.0 Å². The highest BCUT2D eigenvalue weighted by atomic mass is 16.3. The molecule has 0 fully saturated rings. The average Bonchev–Trinajstić information content (AvgIpc) is 3.84. The maximum Gasteiger partial charge on any atom is 0.138 e. The first kappa shape index (κ1) is 40.6. The van der Waals surface area contributed by atoms with Gasteiger partial charge in [0.05, 0.1) is 17.1 Å². The Balaban J connectivity index is 1.06. The predicted molar refractivity (Wildman–Crippen MR) is 301 cm³/mol. The van der Waals surface area contributed by atoms with Gasteiger partial charge in [-0.05, 0) is 103 Å². The lowest BCUT2D eigenvalue weighted by Crippen LogP contribution is -2.12. The molecule has 0 atom stereocenters. The Morgan fingerprint density at radius 3 is 1.37 bits per heavy atom. The molecule has 1 heterocycles. The standard InChI is InChI=1S/C68H44N2O/c1-4-20-45(21-5-1)46-36-39-50(40-37-46)70(62-44-64-67(55-31-15-14-30-54(55)62)66-51-27-11-10-22-47(51)38-43-63(66)71-64)68-59-34-18-16-32-56(59)65(57-33-17-19-35-60(57)68)58-41-42-61(53-29-13-12-28-52(53)58)69(48-23-6-2-7-24-48)49-25-8-3-9-26-49/h1-44H. The molecule has 0 N–H and O–H groups in total. The van der Waals surface area contributed by atoms with Gasteiger partial charge in [0.15, 0.2) is 0 Å². The molecular formula is C68H44N2O. The van der Waals surface area contributed by atoms with Crippen LogP contribution in [-0.4, -0.2) is 0 Å². The lowest BCUT2D eigenvalue weighted by molar-refractivity contribution is 0.669. The van der Waals surface area contributed by atoms with Crippen molar-refractivity contribution in [2.24, 2.45) is 0 Å². The van der Waals surface area contributed by atoms with Crippen LogP contribution in [0.1, 0.15) is 0 Å². The molecule has 3 heteroatoms. The van der Waals surface area contributed by atoms with Gasteiger partial charge in [0, 0.05) is 55.4 Å². The van der Waals surface area contributed by atoms with Gasteiger partial charge in [-0.3, -0.25) is 0 Å². The third-order valence-corrected chi connectivity index (χ3v) is 14.4. The topological polar surface area (TPSA) is 19.6 Å². The van der Waals surface area contributed by atoms with Crippen molar-refractivity contribution >= 4 is 110 Å². The van der Waals surface area contributed by atoms with Crippen LogP contribution in [0, 0.1) is 0 Å². The molecule has 0 aliphatic carbocycles. The van der Waals surface area contributed by atoms with Gasteiger partial charge in [0.2, 0.25) is 0 Å². The third-order valence-electron chi connectivity index (χ3n) is 14.4. The zero-order valence-electron chi connectivity index (χ0n) is 38.7. The van der Waals surface area contributed by atoms with Crippen LogP contribution in [0.5, 0.6) is 0 Å². The summed E-state index contributed by atoms with van der Waals surface area (Å²) in [5.74, 6) is 0. The fraction of sp³-hybridized carbons (Fsp3) is 0. The van der Waals surface area contributed by atoms with E-state index in [0.29, 0.717) is 0 Å². The normalized spacial score (nSPS) is 11.7. The van der Waals surface area contributed by atoms with Gasteiger partial charge in [0.1, 0.15) is 11.2 Å². The maximum absolute atomic E-state index is 6.95. The number of hydrogen-bond acceptors (Lipinski definition) is 3. The van der Waals surface area contributed by atoms with Crippen LogP contribution in [-0.2, 0) is 0 Å². The number of rotatable bonds is 8. The molecule has 71 heavy (non-hydrogen) atoms. The second-order valence-corrected chi connectivity index (χ2v) is 18.3. The molecule has 0 bridgehead atoms. The fourth-order valence-corrected chi connectivity index (χ4v) is 11.3. The molecule has 0 spiro atoms. The molecule has 332 valence electrons. The van der Waals surface area contributed by atoms with Gasteiger partial charge >= 0.3 is 0 Å². The number of hydrogen-bond donors (Lipinski definition) is 0. The van der Waals surface area contributed by atoms with E-state index in [1.807, 2.05) is 0 Å². The minimum Gasteiger partial charge on any atom is -0.456 e. The number of nitrogens with zero attached hydrogens (tertiary/aromatic N) is 2. The smallest absolute Gasteiger partial charge is 0.138 e. The number of para-hydroxylation sites is 2.